The molecule has 26 heavy (non-hydrogen) atoms. The second-order valence-electron chi connectivity index (χ2n) is 8.99. The maximum Gasteiger partial charge on any atom is 0.335 e. The number of allylic oxidation sites excluding steroid dienone is 1. The highest BCUT2D eigenvalue weighted by molar-refractivity contribution is 6.21. The molecule has 0 aromatic heterocycles. The van der Waals surface area contributed by atoms with Crippen LogP contribution < -0.4 is 0 Å². The number of ether oxygens (including phenoxy) is 1. The molecule has 5 heteroatoms. The highest BCUT2D eigenvalue weighted by Gasteiger charge is 2.62. The van der Waals surface area contributed by atoms with E-state index in [1.807, 2.05) is 13.8 Å². The molecule has 4 nitrogen and oxygen atoms in total. The normalized spacial score (nSPS) is 40.8. The van der Waals surface area contributed by atoms with Gasteiger partial charge in [0.1, 0.15) is 6.61 Å². The molecule has 1 saturated carbocycles. The smallest absolute Gasteiger partial charge is 0.335 e. The van der Waals surface area contributed by atoms with Gasteiger partial charge in [0, 0.05) is 17.4 Å². The molecule has 1 heterocycles. The lowest BCUT2D eigenvalue weighted by Crippen LogP contribution is -2.58. The molecule has 0 radical (unpaired) electrons. The Balaban J connectivity index is 2.02. The van der Waals surface area contributed by atoms with Crippen LogP contribution in [0.4, 0.5) is 0 Å². The van der Waals surface area contributed by atoms with Crippen molar-refractivity contribution < 1.29 is 19.4 Å². The molecule has 1 fully saturated rings. The lowest BCUT2D eigenvalue weighted by Gasteiger charge is -2.58. The summed E-state index contributed by atoms with van der Waals surface area (Å²) in [4.78, 5) is 25.1. The van der Waals surface area contributed by atoms with Gasteiger partial charge in [-0.1, -0.05) is 32.9 Å². The number of esters is 1. The number of ketones is 1. The first kappa shape index (κ1) is 19.6. The monoisotopic (exact) mass is 380 g/mol. The van der Waals surface area contributed by atoms with E-state index in [0.29, 0.717) is 29.9 Å². The molecule has 3 aliphatic rings. The van der Waals surface area contributed by atoms with E-state index in [0.717, 1.165) is 18.4 Å². The Morgan fingerprint density at radius 3 is 2.69 bits per heavy atom. The molecule has 0 unspecified atom stereocenters. The van der Waals surface area contributed by atoms with E-state index in [2.05, 4.69) is 20.4 Å². The van der Waals surface area contributed by atoms with Crippen molar-refractivity contribution >= 4 is 23.4 Å². The number of alkyl halides is 1. The number of hydrogen-bond donors (Lipinski definition) is 1. The fourth-order valence-electron chi connectivity index (χ4n) is 5.37. The molecule has 1 N–H and O–H groups in total. The molecule has 6 atom stereocenters. The van der Waals surface area contributed by atoms with Crippen LogP contribution in [-0.4, -0.2) is 34.9 Å². The van der Waals surface area contributed by atoms with Crippen molar-refractivity contribution in [1.29, 1.82) is 0 Å². The van der Waals surface area contributed by atoms with Crippen LogP contribution in [0.3, 0.4) is 0 Å². The van der Waals surface area contributed by atoms with Gasteiger partial charge in [-0.25, -0.2) is 4.79 Å². The van der Waals surface area contributed by atoms with E-state index in [1.54, 1.807) is 0 Å². The zero-order valence-corrected chi connectivity index (χ0v) is 16.9. The first-order chi connectivity index (χ1) is 12.0. The van der Waals surface area contributed by atoms with Crippen LogP contribution in [0, 0.1) is 22.7 Å². The molecule has 0 aromatic rings. The summed E-state index contributed by atoms with van der Waals surface area (Å²) in [6, 6.07) is 0. The Kier molecular flexibility index (Phi) is 4.90. The van der Waals surface area contributed by atoms with Crippen molar-refractivity contribution in [2.24, 2.45) is 22.7 Å². The molecule has 0 amide bonds. The lowest BCUT2D eigenvalue weighted by molar-refractivity contribution is -0.140. The van der Waals surface area contributed by atoms with Gasteiger partial charge in [0.25, 0.3) is 0 Å². The summed E-state index contributed by atoms with van der Waals surface area (Å²) in [6.07, 6.45) is 1.69. The predicted molar refractivity (Wildman–Crippen MR) is 101 cm³/mol. The standard InChI is InChI=1S/C21H29ClO4/c1-11(2)12(3)6-7-20(4)16-8-14(23)13-10-26-19(25)17(13)21(16,5)9-15(24)18(20)22/h12,15-16,18,24H,1,6-10H2,2-5H3/t12-,15+,16+,18-,20+,21+/m0/s1. The first-order valence-electron chi connectivity index (χ1n) is 9.44. The Labute approximate surface area is 160 Å². The molecule has 1 aliphatic heterocycles. The number of fused-ring (bicyclic) bond motifs is 2. The van der Waals surface area contributed by atoms with E-state index in [9.17, 15) is 14.7 Å². The van der Waals surface area contributed by atoms with Gasteiger partial charge in [-0.3, -0.25) is 4.79 Å². The van der Waals surface area contributed by atoms with Crippen LogP contribution in [0.5, 0.6) is 0 Å². The fourth-order valence-corrected chi connectivity index (χ4v) is 5.72. The summed E-state index contributed by atoms with van der Waals surface area (Å²) in [5.41, 5.74) is 1.08. The molecular weight excluding hydrogens is 352 g/mol. The average molecular weight is 381 g/mol. The second-order valence-corrected chi connectivity index (χ2v) is 9.46. The van der Waals surface area contributed by atoms with E-state index >= 15 is 0 Å². The maximum absolute atomic E-state index is 12.7. The number of halogens is 1. The molecule has 3 rings (SSSR count). The van der Waals surface area contributed by atoms with Gasteiger partial charge < -0.3 is 9.84 Å². The van der Waals surface area contributed by atoms with Gasteiger partial charge in [0.05, 0.1) is 17.1 Å². The third-order valence-electron chi connectivity index (χ3n) is 7.27. The first-order valence-corrected chi connectivity index (χ1v) is 9.87. The predicted octanol–water partition coefficient (Wildman–Crippen LogP) is 3.81. The van der Waals surface area contributed by atoms with Crippen molar-refractivity contribution in [3.05, 3.63) is 23.3 Å². The van der Waals surface area contributed by atoms with E-state index in [1.165, 1.54) is 0 Å². The highest BCUT2D eigenvalue weighted by Crippen LogP contribution is 2.62. The third kappa shape index (κ3) is 2.77. The number of cyclic esters (lactones) is 1. The van der Waals surface area contributed by atoms with Gasteiger partial charge >= 0.3 is 5.97 Å². The number of aliphatic hydroxyl groups excluding tert-OH is 1. The molecular formula is C21H29ClO4. The quantitative estimate of drug-likeness (QED) is 0.457. The SMILES string of the molecule is C=C(C)[C@@H](C)CC[C@]1(C)[C@H]2CC(=O)C3=C(C(=O)OC3)[C@]2(C)C[C@@H](O)[C@@H]1Cl. The maximum atomic E-state index is 12.7. The third-order valence-corrected chi connectivity index (χ3v) is 8.06. The van der Waals surface area contributed by atoms with Gasteiger partial charge in [-0.15, -0.1) is 11.6 Å². The summed E-state index contributed by atoms with van der Waals surface area (Å²) >= 11 is 6.73. The van der Waals surface area contributed by atoms with Crippen LogP contribution in [0.2, 0.25) is 0 Å². The largest absolute Gasteiger partial charge is 0.457 e. The summed E-state index contributed by atoms with van der Waals surface area (Å²) in [5, 5.41) is 10.3. The van der Waals surface area contributed by atoms with Crippen LogP contribution >= 0.6 is 11.6 Å². The average Bonchev–Trinajstić information content (AvgIpc) is 2.97. The molecule has 0 aromatic carbocycles. The van der Waals surface area contributed by atoms with Crippen molar-refractivity contribution in [3.8, 4) is 0 Å². The Hall–Kier alpha value is -1.13. The number of rotatable bonds is 4. The Morgan fingerprint density at radius 2 is 2.08 bits per heavy atom. The van der Waals surface area contributed by atoms with E-state index < -0.39 is 28.3 Å². The Morgan fingerprint density at radius 1 is 1.42 bits per heavy atom. The lowest BCUT2D eigenvalue weighted by atomic mass is 9.48. The van der Waals surface area contributed by atoms with Crippen molar-refractivity contribution in [1.82, 2.24) is 0 Å². The topological polar surface area (TPSA) is 63.6 Å². The number of carbonyl (C=O) groups is 2. The van der Waals surface area contributed by atoms with Crippen LogP contribution in [0.1, 0.15) is 53.4 Å². The van der Waals surface area contributed by atoms with Gasteiger partial charge in [0.2, 0.25) is 0 Å². The minimum atomic E-state index is -0.724. The van der Waals surface area contributed by atoms with Gasteiger partial charge in [-0.05, 0) is 43.4 Å². The van der Waals surface area contributed by atoms with Crippen molar-refractivity contribution in [2.45, 2.75) is 64.9 Å². The van der Waals surface area contributed by atoms with Crippen LogP contribution in [0.15, 0.2) is 23.3 Å². The van der Waals surface area contributed by atoms with Crippen molar-refractivity contribution in [3.63, 3.8) is 0 Å². The number of carbonyl (C=O) groups excluding carboxylic acids is 2. The van der Waals surface area contributed by atoms with Crippen LogP contribution in [-0.2, 0) is 14.3 Å². The van der Waals surface area contributed by atoms with E-state index in [-0.39, 0.29) is 18.3 Å². The summed E-state index contributed by atoms with van der Waals surface area (Å²) in [6.45, 7) is 12.3. The molecule has 0 spiro atoms. The summed E-state index contributed by atoms with van der Waals surface area (Å²) in [7, 11) is 0. The fraction of sp³-hybridized carbons (Fsp3) is 0.714. The van der Waals surface area contributed by atoms with Crippen molar-refractivity contribution in [2.75, 3.05) is 6.61 Å². The molecule has 144 valence electrons. The number of aliphatic hydroxyl groups is 1. The van der Waals surface area contributed by atoms with Gasteiger partial charge in [0.15, 0.2) is 5.78 Å². The van der Waals surface area contributed by atoms with Gasteiger partial charge in [-0.2, -0.15) is 0 Å². The van der Waals surface area contributed by atoms with Crippen LogP contribution in [0.25, 0.3) is 0 Å². The highest BCUT2D eigenvalue weighted by atomic mass is 35.5. The summed E-state index contributed by atoms with van der Waals surface area (Å²) < 4.78 is 5.18. The minimum absolute atomic E-state index is 0.00671. The van der Waals surface area contributed by atoms with E-state index in [4.69, 9.17) is 16.3 Å². The summed E-state index contributed by atoms with van der Waals surface area (Å²) in [5.74, 6) is -0.159. The molecule has 2 aliphatic carbocycles. The number of Topliss-reactive ketones (excluding diaryl/α,β-unsaturated/α-hetero) is 1. The molecule has 0 bridgehead atoms. The second kappa shape index (κ2) is 6.49. The zero-order valence-electron chi connectivity index (χ0n) is 16.1. The Bertz CT molecular complexity index is 696. The minimum Gasteiger partial charge on any atom is -0.457 e. The molecule has 0 saturated heterocycles. The number of hydrogen-bond acceptors (Lipinski definition) is 4. The zero-order chi connectivity index (χ0) is 19.4.